The van der Waals surface area contributed by atoms with Crippen molar-refractivity contribution in [1.82, 2.24) is 29.0 Å². The Morgan fingerprint density at radius 3 is 2.48 bits per heavy atom. The molecule has 14 nitrogen and oxygen atoms in total. The number of aliphatic hydroxyl groups is 1. The molecule has 3 aromatic heterocycles. The molecule has 3 N–H and O–H groups in total. The minimum absolute atomic E-state index is 0.0180. The smallest absolute Gasteiger partial charge is 0.392 e. The van der Waals surface area contributed by atoms with Crippen molar-refractivity contribution in [1.29, 1.82) is 0 Å². The number of aliphatic hydroxyl groups excluding tert-OH is 1. The van der Waals surface area contributed by atoms with Crippen molar-refractivity contribution < 1.29 is 32.2 Å². The summed E-state index contributed by atoms with van der Waals surface area (Å²) in [6, 6.07) is 6.80. The number of nitrogens with one attached hydrogen (secondary N) is 2. The van der Waals surface area contributed by atoms with Gasteiger partial charge in [0.15, 0.2) is 5.82 Å². The minimum Gasteiger partial charge on any atom is -0.392 e. The van der Waals surface area contributed by atoms with Gasteiger partial charge in [-0.05, 0) is 53.5 Å². The van der Waals surface area contributed by atoms with Gasteiger partial charge in [-0.15, -0.1) is 0 Å². The summed E-state index contributed by atoms with van der Waals surface area (Å²) >= 11 is 0. The highest BCUT2D eigenvalue weighted by molar-refractivity contribution is 6.02. The topological polar surface area (TPSA) is 160 Å². The third-order valence-electron chi connectivity index (χ3n) is 10.4. The average Bonchev–Trinajstić information content (AvgIpc) is 3.15. The zero-order valence-corrected chi connectivity index (χ0v) is 32.1. The Labute approximate surface area is 329 Å². The van der Waals surface area contributed by atoms with Gasteiger partial charge >= 0.3 is 6.18 Å². The van der Waals surface area contributed by atoms with E-state index in [1.165, 1.54) is 65.6 Å². The SMILES string of the molecule is C=CC(=O)Nc1cc(Nc2nc(-c3ccnc(-n4cnc5cc(C(C)(C)C)cc(F)c5c4=O)c3CO)cn(C)c2=O)ccc1N1CCN(C2COC2)C[C@@H]1C(F)(F)F. The predicted octanol–water partition coefficient (Wildman–Crippen LogP) is 4.79. The molecule has 1 atom stereocenters. The number of hydrogen-bond acceptors (Lipinski definition) is 11. The number of rotatable bonds is 9. The first kappa shape index (κ1) is 40.2. The van der Waals surface area contributed by atoms with E-state index in [2.05, 4.69) is 32.2 Å². The molecule has 0 unspecified atom stereocenters. The highest BCUT2D eigenvalue weighted by Gasteiger charge is 2.48. The van der Waals surface area contributed by atoms with E-state index in [-0.39, 0.29) is 75.6 Å². The van der Waals surface area contributed by atoms with E-state index in [1.807, 2.05) is 20.8 Å². The van der Waals surface area contributed by atoms with Crippen molar-refractivity contribution in [2.75, 3.05) is 48.4 Å². The molecule has 7 rings (SSSR count). The van der Waals surface area contributed by atoms with Gasteiger partial charge in [-0.3, -0.25) is 19.3 Å². The Hall–Kier alpha value is -5.98. The number of hydrogen-bond donors (Lipinski definition) is 3. The Morgan fingerprint density at radius 1 is 1.07 bits per heavy atom. The zero-order chi connectivity index (χ0) is 41.7. The lowest BCUT2D eigenvalue weighted by Gasteiger charge is -2.48. The monoisotopic (exact) mass is 803 g/mol. The van der Waals surface area contributed by atoms with Crippen molar-refractivity contribution in [3.05, 3.63) is 105 Å². The minimum atomic E-state index is -4.60. The molecule has 2 fully saturated rings. The van der Waals surface area contributed by atoms with Gasteiger partial charge in [0.25, 0.3) is 11.1 Å². The van der Waals surface area contributed by atoms with Crippen LogP contribution in [0.3, 0.4) is 0 Å². The number of carbonyl (C=O) groups excluding carboxylic acids is 1. The van der Waals surface area contributed by atoms with Crippen LogP contribution in [-0.4, -0.2) is 91.1 Å². The van der Waals surface area contributed by atoms with Gasteiger partial charge in [0.1, 0.15) is 29.4 Å². The summed E-state index contributed by atoms with van der Waals surface area (Å²) in [7, 11) is 1.47. The normalized spacial score (nSPS) is 16.6. The van der Waals surface area contributed by atoms with Gasteiger partial charge in [0, 0.05) is 55.9 Å². The van der Waals surface area contributed by atoms with Crippen molar-refractivity contribution in [2.45, 2.75) is 51.1 Å². The average molecular weight is 804 g/mol. The lowest BCUT2D eigenvalue weighted by atomic mass is 9.86. The Morgan fingerprint density at radius 2 is 1.83 bits per heavy atom. The summed E-state index contributed by atoms with van der Waals surface area (Å²) in [5.74, 6) is -1.66. The number of amides is 1. The summed E-state index contributed by atoms with van der Waals surface area (Å²) in [5.41, 5.74) is 0.00518. The highest BCUT2D eigenvalue weighted by atomic mass is 19.4. The van der Waals surface area contributed by atoms with Crippen molar-refractivity contribution in [2.24, 2.45) is 7.05 Å². The maximum Gasteiger partial charge on any atom is 0.409 e. The molecule has 5 heterocycles. The Balaban J connectivity index is 1.25. The fourth-order valence-electron chi connectivity index (χ4n) is 7.11. The van der Waals surface area contributed by atoms with Gasteiger partial charge < -0.3 is 29.9 Å². The molecule has 0 saturated carbocycles. The summed E-state index contributed by atoms with van der Waals surface area (Å²) < 4.78 is 66.5. The van der Waals surface area contributed by atoms with Crippen LogP contribution in [-0.2, 0) is 28.6 Å². The van der Waals surface area contributed by atoms with E-state index in [4.69, 9.17) is 4.74 Å². The first-order valence-electron chi connectivity index (χ1n) is 18.4. The summed E-state index contributed by atoms with van der Waals surface area (Å²) in [6.45, 7) is 9.37. The second kappa shape index (κ2) is 15.4. The standard InChI is InChI=1S/C40H41F4N9O5/c1-6-33(55)48-28-15-23(7-8-31(28)52-12-11-51(24-19-58-20-24)17-32(52)40(42,43)44)47-35-38(57)50(5)16-30(49-35)25-9-10-45-36(26(25)18-54)53-21-46-29-14-22(39(2,3)4)13-27(41)34(29)37(53)56/h6-10,13-16,21,24,32,54H,1,11-12,17-20H2,2-5H3,(H,47,49)(H,48,55)/t32-/m1/s1. The molecule has 0 bridgehead atoms. The molecule has 1 amide bonds. The van der Waals surface area contributed by atoms with E-state index < -0.39 is 47.1 Å². The molecular formula is C40H41F4N9O5. The van der Waals surface area contributed by atoms with E-state index in [0.717, 1.165) is 10.6 Å². The molecule has 2 aliphatic rings. The molecule has 58 heavy (non-hydrogen) atoms. The van der Waals surface area contributed by atoms with Crippen molar-refractivity contribution in [3.8, 4) is 17.1 Å². The number of carbonyl (C=O) groups is 1. The fourth-order valence-corrected chi connectivity index (χ4v) is 7.11. The number of halogens is 4. The number of anilines is 4. The Kier molecular flexibility index (Phi) is 10.7. The number of benzene rings is 2. The maximum atomic E-state index is 15.5. The van der Waals surface area contributed by atoms with Crippen LogP contribution in [0.5, 0.6) is 0 Å². The third-order valence-corrected chi connectivity index (χ3v) is 10.4. The number of pyridine rings is 1. The predicted molar refractivity (Wildman–Crippen MR) is 210 cm³/mol. The van der Waals surface area contributed by atoms with Crippen LogP contribution in [0, 0.1) is 5.82 Å². The van der Waals surface area contributed by atoms with Crippen LogP contribution >= 0.6 is 0 Å². The van der Waals surface area contributed by atoms with Gasteiger partial charge in [-0.1, -0.05) is 27.4 Å². The second-order valence-corrected chi connectivity index (χ2v) is 15.2. The van der Waals surface area contributed by atoms with Gasteiger partial charge in [-0.25, -0.2) is 23.9 Å². The lowest BCUT2D eigenvalue weighted by molar-refractivity contribution is -0.165. The van der Waals surface area contributed by atoms with Crippen LogP contribution in [0.1, 0.15) is 31.9 Å². The largest absolute Gasteiger partial charge is 0.409 e. The third kappa shape index (κ3) is 7.69. The molecule has 0 radical (unpaired) electrons. The summed E-state index contributed by atoms with van der Waals surface area (Å²) in [6.07, 6.45) is 0.369. The molecular weight excluding hydrogens is 762 g/mol. The number of aryl methyl sites for hydroxylation is 1. The summed E-state index contributed by atoms with van der Waals surface area (Å²) in [4.78, 5) is 55.9. The molecule has 2 saturated heterocycles. The highest BCUT2D eigenvalue weighted by Crippen LogP contribution is 2.38. The first-order chi connectivity index (χ1) is 27.5. The number of ether oxygens (including phenoxy) is 1. The molecule has 5 aromatic rings. The van der Waals surface area contributed by atoms with Crippen molar-refractivity contribution in [3.63, 3.8) is 0 Å². The number of nitrogens with zero attached hydrogens (tertiary/aromatic N) is 7. The number of fused-ring (bicyclic) bond motifs is 1. The Bertz CT molecular complexity index is 2550. The van der Waals surface area contributed by atoms with Crippen LogP contribution in [0.25, 0.3) is 28.0 Å². The van der Waals surface area contributed by atoms with Crippen molar-refractivity contribution >= 4 is 39.7 Å². The number of aromatic nitrogens is 5. The maximum absolute atomic E-state index is 15.5. The zero-order valence-electron chi connectivity index (χ0n) is 32.1. The van der Waals surface area contributed by atoms with E-state index in [9.17, 15) is 32.7 Å². The quantitative estimate of drug-likeness (QED) is 0.139. The van der Waals surface area contributed by atoms with E-state index in [1.54, 1.807) is 11.0 Å². The van der Waals surface area contributed by atoms with Gasteiger partial charge in [-0.2, -0.15) is 13.2 Å². The van der Waals surface area contributed by atoms with Gasteiger partial charge in [0.2, 0.25) is 5.91 Å². The molecule has 0 spiro atoms. The molecule has 18 heteroatoms. The molecule has 2 aromatic carbocycles. The second-order valence-electron chi connectivity index (χ2n) is 15.2. The number of alkyl halides is 3. The summed E-state index contributed by atoms with van der Waals surface area (Å²) in [5, 5.41) is 15.9. The molecule has 304 valence electrons. The van der Waals surface area contributed by atoms with Gasteiger partial charge in [0.05, 0.1) is 48.4 Å². The number of piperazine rings is 1. The first-order valence-corrected chi connectivity index (χ1v) is 18.4. The van der Waals surface area contributed by atoms with Crippen LogP contribution in [0.4, 0.5) is 40.4 Å². The van der Waals surface area contributed by atoms with E-state index in [0.29, 0.717) is 25.3 Å². The van der Waals surface area contributed by atoms with Crippen LogP contribution in [0.2, 0.25) is 0 Å². The fraction of sp³-hybridized carbons (Fsp3) is 0.350. The van der Waals surface area contributed by atoms with Crippen LogP contribution < -0.4 is 26.7 Å². The van der Waals surface area contributed by atoms with Crippen LogP contribution in [0.15, 0.2) is 77.4 Å². The molecule has 2 aliphatic heterocycles. The lowest BCUT2D eigenvalue weighted by Crippen LogP contribution is -2.64. The molecule has 0 aliphatic carbocycles. The van der Waals surface area contributed by atoms with E-state index >= 15 is 4.39 Å².